The number of likely N-dealkylation sites (tertiary alicyclic amines) is 1. The van der Waals surface area contributed by atoms with Crippen LogP contribution >= 0.6 is 0 Å². The van der Waals surface area contributed by atoms with Crippen LogP contribution in [0, 0.1) is 0 Å². The maximum absolute atomic E-state index is 12.7. The Bertz CT molecular complexity index is 795. The highest BCUT2D eigenvalue weighted by Crippen LogP contribution is 2.24. The molecular formula is C19H20F2N2O4. The maximum Gasteiger partial charge on any atom is 0.387 e. The van der Waals surface area contributed by atoms with Crippen molar-refractivity contribution in [2.45, 2.75) is 38.5 Å². The molecule has 8 heteroatoms. The number of benzene rings is 1. The number of hydrogen-bond donors (Lipinski definition) is 1. The molecule has 1 fully saturated rings. The van der Waals surface area contributed by atoms with E-state index in [9.17, 15) is 18.4 Å². The second-order valence-electron chi connectivity index (χ2n) is 6.32. The summed E-state index contributed by atoms with van der Waals surface area (Å²) in [5.41, 5.74) is 0.628. The van der Waals surface area contributed by atoms with Gasteiger partial charge in [0.2, 0.25) is 5.91 Å². The van der Waals surface area contributed by atoms with Gasteiger partial charge in [-0.2, -0.15) is 8.78 Å². The number of carbonyl (C=O) groups excluding carboxylic acids is 2. The fourth-order valence-electron chi connectivity index (χ4n) is 3.18. The van der Waals surface area contributed by atoms with Gasteiger partial charge in [-0.1, -0.05) is 12.1 Å². The van der Waals surface area contributed by atoms with E-state index in [4.69, 9.17) is 4.42 Å². The summed E-state index contributed by atoms with van der Waals surface area (Å²) in [6, 6.07) is 8.33. The summed E-state index contributed by atoms with van der Waals surface area (Å²) in [7, 11) is 0. The number of nitrogens with one attached hydrogen (secondary N) is 1. The summed E-state index contributed by atoms with van der Waals surface area (Å²) in [6.07, 6.45) is 2.69. The fourth-order valence-corrected chi connectivity index (χ4v) is 3.18. The molecular weight excluding hydrogens is 358 g/mol. The molecule has 1 aromatic carbocycles. The number of carbonyl (C=O) groups is 2. The van der Waals surface area contributed by atoms with Crippen molar-refractivity contribution in [3.8, 4) is 5.75 Å². The summed E-state index contributed by atoms with van der Waals surface area (Å²) < 4.78 is 34.3. The molecule has 1 aromatic heterocycles. The lowest BCUT2D eigenvalue weighted by molar-refractivity contribution is -0.125. The van der Waals surface area contributed by atoms with Crippen molar-refractivity contribution < 1.29 is 27.5 Å². The molecule has 1 aliphatic heterocycles. The average Bonchev–Trinajstić information content (AvgIpc) is 3.32. The summed E-state index contributed by atoms with van der Waals surface area (Å²) >= 11 is 0. The van der Waals surface area contributed by atoms with E-state index in [1.807, 2.05) is 0 Å². The Kier molecular flexibility index (Phi) is 5.73. The van der Waals surface area contributed by atoms with Crippen molar-refractivity contribution in [3.05, 3.63) is 54.0 Å². The Morgan fingerprint density at radius 2 is 2.11 bits per heavy atom. The van der Waals surface area contributed by atoms with Crippen molar-refractivity contribution in [3.63, 3.8) is 0 Å². The molecule has 2 aromatic rings. The SMILES string of the molecule is CC(NC(=O)C1CCCN1C(=O)c1ccco1)c1cccc(OC(F)F)c1. The quantitative estimate of drug-likeness (QED) is 0.837. The van der Waals surface area contributed by atoms with Crippen LogP contribution in [-0.2, 0) is 4.79 Å². The first-order chi connectivity index (χ1) is 13.0. The molecule has 3 rings (SSSR count). The van der Waals surface area contributed by atoms with Crippen LogP contribution in [0.15, 0.2) is 47.1 Å². The molecule has 2 atom stereocenters. The van der Waals surface area contributed by atoms with Gasteiger partial charge in [0.25, 0.3) is 5.91 Å². The largest absolute Gasteiger partial charge is 0.459 e. The molecule has 2 heterocycles. The summed E-state index contributed by atoms with van der Waals surface area (Å²) in [4.78, 5) is 26.7. The number of amides is 2. The first kappa shape index (κ1) is 18.9. The van der Waals surface area contributed by atoms with Crippen molar-refractivity contribution in [2.75, 3.05) is 6.54 Å². The minimum Gasteiger partial charge on any atom is -0.459 e. The molecule has 0 saturated carbocycles. The van der Waals surface area contributed by atoms with Gasteiger partial charge in [0, 0.05) is 6.54 Å². The van der Waals surface area contributed by atoms with Crippen molar-refractivity contribution in [1.29, 1.82) is 0 Å². The number of nitrogens with zero attached hydrogens (tertiary/aromatic N) is 1. The molecule has 2 unspecified atom stereocenters. The zero-order valence-corrected chi connectivity index (χ0v) is 14.7. The molecule has 1 N–H and O–H groups in total. The zero-order chi connectivity index (χ0) is 19.4. The highest BCUT2D eigenvalue weighted by atomic mass is 19.3. The normalized spacial score (nSPS) is 17.8. The minimum atomic E-state index is -2.91. The van der Waals surface area contributed by atoms with Crippen LogP contribution in [0.4, 0.5) is 8.78 Å². The summed E-state index contributed by atoms with van der Waals surface area (Å²) in [5, 5.41) is 2.84. The highest BCUT2D eigenvalue weighted by Gasteiger charge is 2.36. The molecule has 6 nitrogen and oxygen atoms in total. The molecule has 27 heavy (non-hydrogen) atoms. The molecule has 2 amide bonds. The molecule has 0 bridgehead atoms. The maximum atomic E-state index is 12.7. The second kappa shape index (κ2) is 8.20. The lowest BCUT2D eigenvalue weighted by atomic mass is 10.1. The molecule has 0 aliphatic carbocycles. The standard InChI is InChI=1S/C19H20F2N2O4/c1-12(13-5-2-6-14(11-13)27-19(20)21)22-17(24)15-7-3-9-23(15)18(25)16-8-4-10-26-16/h2,4-6,8,10-12,15,19H,3,7,9H2,1H3,(H,22,24). The zero-order valence-electron chi connectivity index (χ0n) is 14.7. The lowest BCUT2D eigenvalue weighted by Crippen LogP contribution is -2.46. The number of halogens is 2. The number of alkyl halides is 2. The van der Waals surface area contributed by atoms with Crippen LogP contribution < -0.4 is 10.1 Å². The van der Waals surface area contributed by atoms with Gasteiger partial charge >= 0.3 is 6.61 Å². The third-order valence-electron chi connectivity index (χ3n) is 4.49. The van der Waals surface area contributed by atoms with E-state index in [-0.39, 0.29) is 23.3 Å². The van der Waals surface area contributed by atoms with Crippen LogP contribution in [0.2, 0.25) is 0 Å². The van der Waals surface area contributed by atoms with Crippen LogP contribution in [0.5, 0.6) is 5.75 Å². The van der Waals surface area contributed by atoms with E-state index in [0.717, 1.165) is 6.42 Å². The molecule has 1 aliphatic rings. The predicted octanol–water partition coefficient (Wildman–Crippen LogP) is 3.36. The number of hydrogen-bond acceptors (Lipinski definition) is 4. The molecule has 0 spiro atoms. The third-order valence-corrected chi connectivity index (χ3v) is 4.49. The van der Waals surface area contributed by atoms with Gasteiger partial charge in [0.15, 0.2) is 5.76 Å². The van der Waals surface area contributed by atoms with Crippen LogP contribution in [0.25, 0.3) is 0 Å². The molecule has 0 radical (unpaired) electrons. The number of ether oxygens (including phenoxy) is 1. The van der Waals surface area contributed by atoms with Gasteiger partial charge in [-0.3, -0.25) is 9.59 Å². The number of furan rings is 1. The highest BCUT2D eigenvalue weighted by molar-refractivity contribution is 5.96. The van der Waals surface area contributed by atoms with Gasteiger partial charge in [0.05, 0.1) is 12.3 Å². The van der Waals surface area contributed by atoms with E-state index in [0.29, 0.717) is 18.5 Å². The Morgan fingerprint density at radius 3 is 2.81 bits per heavy atom. The topological polar surface area (TPSA) is 71.8 Å². The van der Waals surface area contributed by atoms with Crippen molar-refractivity contribution in [1.82, 2.24) is 10.2 Å². The number of rotatable bonds is 6. The van der Waals surface area contributed by atoms with E-state index in [1.165, 1.54) is 23.3 Å². The van der Waals surface area contributed by atoms with Crippen LogP contribution in [0.3, 0.4) is 0 Å². The summed E-state index contributed by atoms with van der Waals surface area (Å²) in [6.45, 7) is -0.693. The third kappa shape index (κ3) is 4.45. The van der Waals surface area contributed by atoms with Gasteiger partial charge in [0.1, 0.15) is 11.8 Å². The lowest BCUT2D eigenvalue weighted by Gasteiger charge is -2.25. The van der Waals surface area contributed by atoms with E-state index < -0.39 is 18.7 Å². The monoisotopic (exact) mass is 378 g/mol. The van der Waals surface area contributed by atoms with Crippen LogP contribution in [-0.4, -0.2) is 35.9 Å². The van der Waals surface area contributed by atoms with E-state index in [1.54, 1.807) is 31.2 Å². The first-order valence-corrected chi connectivity index (χ1v) is 8.65. The molecule has 144 valence electrons. The van der Waals surface area contributed by atoms with Crippen LogP contribution in [0.1, 0.15) is 41.9 Å². The molecule has 1 saturated heterocycles. The van der Waals surface area contributed by atoms with Gasteiger partial charge < -0.3 is 19.4 Å². The predicted molar refractivity (Wildman–Crippen MR) is 92.4 cm³/mol. The Morgan fingerprint density at radius 1 is 1.30 bits per heavy atom. The Labute approximate surface area is 155 Å². The van der Waals surface area contributed by atoms with E-state index >= 15 is 0 Å². The summed E-state index contributed by atoms with van der Waals surface area (Å²) in [5.74, 6) is -0.392. The van der Waals surface area contributed by atoms with E-state index in [2.05, 4.69) is 10.1 Å². The van der Waals surface area contributed by atoms with Gasteiger partial charge in [-0.15, -0.1) is 0 Å². The fraction of sp³-hybridized carbons (Fsp3) is 0.368. The second-order valence-corrected chi connectivity index (χ2v) is 6.32. The van der Waals surface area contributed by atoms with Gasteiger partial charge in [-0.25, -0.2) is 0 Å². The van der Waals surface area contributed by atoms with Gasteiger partial charge in [-0.05, 0) is 49.6 Å². The van der Waals surface area contributed by atoms with Crippen molar-refractivity contribution in [2.24, 2.45) is 0 Å². The van der Waals surface area contributed by atoms with Crippen molar-refractivity contribution >= 4 is 11.8 Å². The smallest absolute Gasteiger partial charge is 0.387 e. The Balaban J connectivity index is 1.66. The first-order valence-electron chi connectivity index (χ1n) is 8.65. The minimum absolute atomic E-state index is 0.0269. The Hall–Kier alpha value is -2.90. The average molecular weight is 378 g/mol.